The summed E-state index contributed by atoms with van der Waals surface area (Å²) in [6.07, 6.45) is 1.76. The molecule has 7 heteroatoms. The monoisotopic (exact) mass is 298 g/mol. The van der Waals surface area contributed by atoms with Crippen molar-refractivity contribution >= 4 is 15.9 Å². The number of rotatable bonds is 3. The summed E-state index contributed by atoms with van der Waals surface area (Å²) >= 11 is 0. The van der Waals surface area contributed by atoms with Crippen molar-refractivity contribution in [2.45, 2.75) is 30.7 Å². The number of carbonyl (C=O) groups excluding carboxylic acids is 1. The van der Waals surface area contributed by atoms with Gasteiger partial charge in [0, 0.05) is 12.2 Å². The zero-order valence-corrected chi connectivity index (χ0v) is 12.1. The van der Waals surface area contributed by atoms with Crippen molar-refractivity contribution in [1.82, 2.24) is 5.32 Å². The molecular weight excluding hydrogens is 280 g/mol. The Labute approximate surface area is 118 Å². The molecule has 0 aromatic heterocycles. The first-order valence-electron chi connectivity index (χ1n) is 6.40. The van der Waals surface area contributed by atoms with Gasteiger partial charge in [0.1, 0.15) is 0 Å². The van der Waals surface area contributed by atoms with Crippen LogP contribution in [-0.2, 0) is 14.8 Å². The number of sulfonamides is 1. The minimum atomic E-state index is -3.83. The van der Waals surface area contributed by atoms with Crippen LogP contribution in [0, 0.1) is 6.92 Å². The van der Waals surface area contributed by atoms with Crippen LogP contribution in [0.4, 0.5) is 0 Å². The van der Waals surface area contributed by atoms with Gasteiger partial charge < -0.3 is 10.1 Å². The van der Waals surface area contributed by atoms with Gasteiger partial charge in [-0.15, -0.1) is 0 Å². The van der Waals surface area contributed by atoms with E-state index in [1.807, 2.05) is 0 Å². The lowest BCUT2D eigenvalue weighted by Gasteiger charge is -2.23. The zero-order valence-electron chi connectivity index (χ0n) is 11.3. The number of amides is 1. The average molecular weight is 298 g/mol. The molecule has 1 aliphatic rings. The topological polar surface area (TPSA) is 98.5 Å². The smallest absolute Gasteiger partial charge is 0.251 e. The minimum Gasteiger partial charge on any atom is -0.379 e. The molecule has 0 radical (unpaired) electrons. The second-order valence-corrected chi connectivity index (χ2v) is 6.44. The predicted octanol–water partition coefficient (Wildman–Crippen LogP) is 0.551. The predicted molar refractivity (Wildman–Crippen MR) is 73.9 cm³/mol. The molecule has 1 saturated heterocycles. The molecule has 1 atom stereocenters. The van der Waals surface area contributed by atoms with E-state index < -0.39 is 10.0 Å². The Morgan fingerprint density at radius 3 is 2.80 bits per heavy atom. The summed E-state index contributed by atoms with van der Waals surface area (Å²) in [7, 11) is -3.83. The van der Waals surface area contributed by atoms with Crippen LogP contribution >= 0.6 is 0 Å². The van der Waals surface area contributed by atoms with Crippen molar-refractivity contribution in [3.05, 3.63) is 29.3 Å². The second-order valence-electron chi connectivity index (χ2n) is 4.91. The molecule has 0 bridgehead atoms. The number of nitrogens with one attached hydrogen (secondary N) is 1. The van der Waals surface area contributed by atoms with Crippen LogP contribution < -0.4 is 10.5 Å². The molecule has 0 aliphatic carbocycles. The number of benzene rings is 1. The first-order valence-corrected chi connectivity index (χ1v) is 7.94. The molecule has 1 fully saturated rings. The van der Waals surface area contributed by atoms with Gasteiger partial charge in [0.25, 0.3) is 5.91 Å². The third-order valence-corrected chi connectivity index (χ3v) is 4.31. The highest BCUT2D eigenvalue weighted by atomic mass is 32.2. The van der Waals surface area contributed by atoms with Gasteiger partial charge in [-0.1, -0.05) is 6.07 Å². The number of hydrogen-bond acceptors (Lipinski definition) is 4. The Morgan fingerprint density at radius 2 is 2.20 bits per heavy atom. The van der Waals surface area contributed by atoms with Crippen LogP contribution in [0.5, 0.6) is 0 Å². The summed E-state index contributed by atoms with van der Waals surface area (Å²) in [6.45, 7) is 2.84. The third kappa shape index (κ3) is 3.56. The van der Waals surface area contributed by atoms with Crippen molar-refractivity contribution in [1.29, 1.82) is 0 Å². The fourth-order valence-corrected chi connectivity index (χ4v) is 2.98. The summed E-state index contributed by atoms with van der Waals surface area (Å²) in [5.41, 5.74) is 0.801. The lowest BCUT2D eigenvalue weighted by atomic mass is 10.1. The quantitative estimate of drug-likeness (QED) is 0.851. The maximum atomic E-state index is 12.1. The molecule has 20 heavy (non-hydrogen) atoms. The molecule has 1 amide bonds. The van der Waals surface area contributed by atoms with Crippen molar-refractivity contribution in [2.75, 3.05) is 13.2 Å². The van der Waals surface area contributed by atoms with E-state index >= 15 is 0 Å². The lowest BCUT2D eigenvalue weighted by Crippen LogP contribution is -2.40. The molecule has 6 nitrogen and oxygen atoms in total. The Hall–Kier alpha value is -1.44. The number of primary sulfonamides is 1. The highest BCUT2D eigenvalue weighted by Gasteiger charge is 2.19. The Bertz CT molecular complexity index is 607. The second kappa shape index (κ2) is 5.90. The molecule has 1 unspecified atom stereocenters. The largest absolute Gasteiger partial charge is 0.379 e. The molecule has 1 aromatic rings. The first-order chi connectivity index (χ1) is 9.38. The number of hydrogen-bond donors (Lipinski definition) is 2. The first kappa shape index (κ1) is 15.0. The molecule has 1 heterocycles. The summed E-state index contributed by atoms with van der Waals surface area (Å²) in [4.78, 5) is 12.1. The molecule has 1 aromatic carbocycles. The fourth-order valence-electron chi connectivity index (χ4n) is 2.17. The third-order valence-electron chi connectivity index (χ3n) is 3.25. The van der Waals surface area contributed by atoms with Crippen LogP contribution in [0.2, 0.25) is 0 Å². The molecular formula is C13H18N2O4S. The summed E-state index contributed by atoms with van der Waals surface area (Å²) in [6, 6.07) is 4.44. The SMILES string of the molecule is Cc1ccc(C(=O)NC2CCCOC2)cc1S(N)(=O)=O. The molecule has 110 valence electrons. The van der Waals surface area contributed by atoms with Crippen molar-refractivity contribution in [3.8, 4) is 0 Å². The van der Waals surface area contributed by atoms with Crippen LogP contribution in [-0.4, -0.2) is 33.6 Å². The van der Waals surface area contributed by atoms with Gasteiger partial charge in [-0.3, -0.25) is 4.79 Å². The number of ether oxygens (including phenoxy) is 1. The van der Waals surface area contributed by atoms with E-state index in [4.69, 9.17) is 9.88 Å². The van der Waals surface area contributed by atoms with Crippen LogP contribution in [0.3, 0.4) is 0 Å². The van der Waals surface area contributed by atoms with Gasteiger partial charge in [0.05, 0.1) is 17.5 Å². The van der Waals surface area contributed by atoms with E-state index in [2.05, 4.69) is 5.32 Å². The van der Waals surface area contributed by atoms with Crippen LogP contribution in [0.1, 0.15) is 28.8 Å². The lowest BCUT2D eigenvalue weighted by molar-refractivity contribution is 0.0624. The van der Waals surface area contributed by atoms with E-state index in [1.165, 1.54) is 6.07 Å². The summed E-state index contributed by atoms with van der Waals surface area (Å²) in [5, 5.41) is 7.97. The number of aryl methyl sites for hydroxylation is 1. The molecule has 1 aliphatic heterocycles. The number of nitrogens with two attached hydrogens (primary N) is 1. The minimum absolute atomic E-state index is 0.0231. The maximum absolute atomic E-state index is 12.1. The van der Waals surface area contributed by atoms with Gasteiger partial charge in [0.2, 0.25) is 10.0 Å². The summed E-state index contributed by atoms with van der Waals surface area (Å²) in [5.74, 6) is -0.314. The van der Waals surface area contributed by atoms with E-state index in [0.717, 1.165) is 12.8 Å². The number of carbonyl (C=O) groups is 1. The molecule has 0 saturated carbocycles. The van der Waals surface area contributed by atoms with Crippen molar-refractivity contribution in [2.24, 2.45) is 5.14 Å². The molecule has 3 N–H and O–H groups in total. The van der Waals surface area contributed by atoms with E-state index in [-0.39, 0.29) is 22.4 Å². The van der Waals surface area contributed by atoms with Gasteiger partial charge in [-0.25, -0.2) is 13.6 Å². The van der Waals surface area contributed by atoms with Crippen LogP contribution in [0.25, 0.3) is 0 Å². The van der Waals surface area contributed by atoms with Crippen molar-refractivity contribution in [3.63, 3.8) is 0 Å². The highest BCUT2D eigenvalue weighted by molar-refractivity contribution is 7.89. The zero-order chi connectivity index (χ0) is 14.8. The highest BCUT2D eigenvalue weighted by Crippen LogP contribution is 2.16. The van der Waals surface area contributed by atoms with Gasteiger partial charge in [-0.05, 0) is 37.5 Å². The van der Waals surface area contributed by atoms with Crippen molar-refractivity contribution < 1.29 is 17.9 Å². The standard InChI is InChI=1S/C13H18N2O4S/c1-9-4-5-10(7-12(9)20(14,17)18)13(16)15-11-3-2-6-19-8-11/h4-5,7,11H,2-3,6,8H2,1H3,(H,15,16)(H2,14,17,18). The fraction of sp³-hybridized carbons (Fsp3) is 0.462. The Morgan fingerprint density at radius 1 is 1.45 bits per heavy atom. The van der Waals surface area contributed by atoms with E-state index in [1.54, 1.807) is 19.1 Å². The Balaban J connectivity index is 2.18. The Kier molecular flexibility index (Phi) is 4.42. The van der Waals surface area contributed by atoms with E-state index in [9.17, 15) is 13.2 Å². The maximum Gasteiger partial charge on any atom is 0.251 e. The molecule has 0 spiro atoms. The average Bonchev–Trinajstić information content (AvgIpc) is 2.39. The summed E-state index contributed by atoms with van der Waals surface area (Å²) < 4.78 is 28.2. The van der Waals surface area contributed by atoms with E-state index in [0.29, 0.717) is 18.8 Å². The van der Waals surface area contributed by atoms with Gasteiger partial charge in [-0.2, -0.15) is 0 Å². The normalized spacial score (nSPS) is 19.6. The van der Waals surface area contributed by atoms with Gasteiger partial charge in [0.15, 0.2) is 0 Å². The van der Waals surface area contributed by atoms with Crippen LogP contribution in [0.15, 0.2) is 23.1 Å². The van der Waals surface area contributed by atoms with Gasteiger partial charge >= 0.3 is 0 Å². The molecule has 2 rings (SSSR count).